The molecule has 154 valence electrons. The summed E-state index contributed by atoms with van der Waals surface area (Å²) in [6.45, 7) is 4.34. The predicted molar refractivity (Wildman–Crippen MR) is 120 cm³/mol. The van der Waals surface area contributed by atoms with E-state index in [0.29, 0.717) is 24.5 Å². The Hall–Kier alpha value is -2.33. The van der Waals surface area contributed by atoms with E-state index in [-0.39, 0.29) is 6.04 Å². The van der Waals surface area contributed by atoms with Crippen LogP contribution < -0.4 is 4.74 Å². The topological polar surface area (TPSA) is 32.7 Å². The lowest BCUT2D eigenvalue weighted by Gasteiger charge is -2.42. The number of rotatable bonds is 2. The smallest absolute Gasteiger partial charge is 0.124 e. The molecular weight excluding hydrogens is 394 g/mol. The SMILES string of the molecule is Cc1ccc2c(c1)C(N1CCC(O)(c3ccc(Cl)cc3)CC1)c1ccccc1CO2. The highest BCUT2D eigenvalue weighted by molar-refractivity contribution is 6.30. The van der Waals surface area contributed by atoms with Crippen molar-refractivity contribution in [2.75, 3.05) is 13.1 Å². The van der Waals surface area contributed by atoms with Crippen LogP contribution in [0.3, 0.4) is 0 Å². The van der Waals surface area contributed by atoms with E-state index in [2.05, 4.69) is 54.3 Å². The molecule has 0 bridgehead atoms. The molecule has 1 fully saturated rings. The van der Waals surface area contributed by atoms with Gasteiger partial charge in [0.05, 0.1) is 11.6 Å². The van der Waals surface area contributed by atoms with E-state index in [1.165, 1.54) is 22.3 Å². The van der Waals surface area contributed by atoms with E-state index < -0.39 is 5.60 Å². The number of nitrogens with zero attached hydrogens (tertiary/aromatic N) is 1. The van der Waals surface area contributed by atoms with Crippen LogP contribution in [-0.2, 0) is 12.2 Å². The van der Waals surface area contributed by atoms with E-state index in [1.54, 1.807) is 0 Å². The molecule has 0 amide bonds. The second-order valence-electron chi connectivity index (χ2n) is 8.51. The Bertz CT molecular complexity index is 1050. The standard InChI is InChI=1S/C26H26ClNO2/c1-18-6-11-24-23(16-18)25(22-5-3-2-4-19(22)17-30-24)28-14-12-26(29,13-15-28)20-7-9-21(27)10-8-20/h2-11,16,25,29H,12-15,17H2,1H3. The van der Waals surface area contributed by atoms with Crippen LogP contribution in [0.25, 0.3) is 0 Å². The fourth-order valence-electron chi connectivity index (χ4n) is 4.86. The quantitative estimate of drug-likeness (QED) is 0.585. The minimum atomic E-state index is -0.808. The van der Waals surface area contributed by atoms with Gasteiger partial charge in [-0.3, -0.25) is 4.90 Å². The Morgan fingerprint density at radius 1 is 0.967 bits per heavy atom. The highest BCUT2D eigenvalue weighted by Gasteiger charge is 2.38. The summed E-state index contributed by atoms with van der Waals surface area (Å²) in [7, 11) is 0. The van der Waals surface area contributed by atoms with Gasteiger partial charge in [-0.2, -0.15) is 0 Å². The van der Waals surface area contributed by atoms with Gasteiger partial charge in [0.2, 0.25) is 0 Å². The number of halogens is 1. The van der Waals surface area contributed by atoms with Gasteiger partial charge in [-0.25, -0.2) is 0 Å². The molecule has 0 aromatic heterocycles. The zero-order valence-corrected chi connectivity index (χ0v) is 17.9. The van der Waals surface area contributed by atoms with Crippen LogP contribution in [0.1, 0.15) is 46.7 Å². The number of hydrogen-bond acceptors (Lipinski definition) is 3. The fourth-order valence-corrected chi connectivity index (χ4v) is 4.99. The van der Waals surface area contributed by atoms with Crippen molar-refractivity contribution in [1.29, 1.82) is 0 Å². The number of ether oxygens (including phenoxy) is 1. The lowest BCUT2D eigenvalue weighted by Crippen LogP contribution is -2.44. The minimum Gasteiger partial charge on any atom is -0.489 e. The van der Waals surface area contributed by atoms with Crippen LogP contribution in [0, 0.1) is 6.92 Å². The zero-order chi connectivity index (χ0) is 20.7. The van der Waals surface area contributed by atoms with Gasteiger partial charge >= 0.3 is 0 Å². The third-order valence-corrected chi connectivity index (χ3v) is 6.82. The second kappa shape index (κ2) is 7.73. The van der Waals surface area contributed by atoms with Gasteiger partial charge in [-0.05, 0) is 54.7 Å². The lowest BCUT2D eigenvalue weighted by molar-refractivity contribution is -0.0325. The lowest BCUT2D eigenvalue weighted by atomic mass is 9.82. The Balaban J connectivity index is 1.49. The summed E-state index contributed by atoms with van der Waals surface area (Å²) in [4.78, 5) is 2.50. The van der Waals surface area contributed by atoms with E-state index >= 15 is 0 Å². The van der Waals surface area contributed by atoms with Gasteiger partial charge < -0.3 is 9.84 Å². The molecule has 1 saturated heterocycles. The largest absolute Gasteiger partial charge is 0.489 e. The van der Waals surface area contributed by atoms with Crippen LogP contribution in [0.2, 0.25) is 5.02 Å². The minimum absolute atomic E-state index is 0.133. The highest BCUT2D eigenvalue weighted by atomic mass is 35.5. The summed E-state index contributed by atoms with van der Waals surface area (Å²) in [5.74, 6) is 0.959. The molecule has 2 aliphatic rings. The number of aryl methyl sites for hydroxylation is 1. The van der Waals surface area contributed by atoms with Gasteiger partial charge in [0.25, 0.3) is 0 Å². The molecule has 0 saturated carbocycles. The molecule has 5 rings (SSSR count). The number of hydrogen-bond donors (Lipinski definition) is 1. The summed E-state index contributed by atoms with van der Waals surface area (Å²) in [5.41, 5.74) is 5.13. The van der Waals surface area contributed by atoms with Crippen LogP contribution in [-0.4, -0.2) is 23.1 Å². The summed E-state index contributed by atoms with van der Waals surface area (Å²) in [6, 6.07) is 22.8. The number of benzene rings is 3. The molecule has 3 nitrogen and oxygen atoms in total. The van der Waals surface area contributed by atoms with E-state index in [0.717, 1.165) is 24.4 Å². The monoisotopic (exact) mass is 419 g/mol. The Morgan fingerprint density at radius 3 is 2.47 bits per heavy atom. The molecule has 4 heteroatoms. The molecule has 30 heavy (non-hydrogen) atoms. The molecule has 2 heterocycles. The summed E-state index contributed by atoms with van der Waals surface area (Å²) in [6.07, 6.45) is 1.38. The summed E-state index contributed by atoms with van der Waals surface area (Å²) in [5, 5.41) is 12.0. The second-order valence-corrected chi connectivity index (χ2v) is 8.94. The summed E-state index contributed by atoms with van der Waals surface area (Å²) >= 11 is 6.04. The molecule has 1 N–H and O–H groups in total. The molecule has 0 radical (unpaired) electrons. The van der Waals surface area contributed by atoms with Crippen molar-refractivity contribution in [1.82, 2.24) is 4.90 Å². The van der Waals surface area contributed by atoms with Crippen molar-refractivity contribution >= 4 is 11.6 Å². The Labute approximate surface area is 182 Å². The maximum Gasteiger partial charge on any atom is 0.124 e. The van der Waals surface area contributed by atoms with E-state index in [9.17, 15) is 5.11 Å². The number of aliphatic hydroxyl groups is 1. The van der Waals surface area contributed by atoms with Crippen molar-refractivity contribution in [2.45, 2.75) is 38.0 Å². The van der Waals surface area contributed by atoms with Gasteiger partial charge in [-0.15, -0.1) is 0 Å². The molecule has 0 aliphatic carbocycles. The average Bonchev–Trinajstić information content (AvgIpc) is 2.91. The molecule has 1 atom stereocenters. The molecule has 3 aromatic rings. The van der Waals surface area contributed by atoms with Crippen molar-refractivity contribution in [3.8, 4) is 5.75 Å². The van der Waals surface area contributed by atoms with Crippen LogP contribution in [0.4, 0.5) is 0 Å². The van der Waals surface area contributed by atoms with Crippen LogP contribution >= 0.6 is 11.6 Å². The maximum atomic E-state index is 11.3. The first-order valence-corrected chi connectivity index (χ1v) is 10.9. The number of piperidine rings is 1. The van der Waals surface area contributed by atoms with Crippen molar-refractivity contribution < 1.29 is 9.84 Å². The van der Waals surface area contributed by atoms with Crippen molar-refractivity contribution in [2.24, 2.45) is 0 Å². The van der Waals surface area contributed by atoms with E-state index in [4.69, 9.17) is 16.3 Å². The Kier molecular flexibility index (Phi) is 5.06. The number of likely N-dealkylation sites (tertiary alicyclic amines) is 1. The predicted octanol–water partition coefficient (Wildman–Crippen LogP) is 5.61. The first-order chi connectivity index (χ1) is 14.5. The third-order valence-electron chi connectivity index (χ3n) is 6.56. The summed E-state index contributed by atoms with van der Waals surface area (Å²) < 4.78 is 6.18. The highest BCUT2D eigenvalue weighted by Crippen LogP contribution is 2.43. The van der Waals surface area contributed by atoms with Crippen LogP contribution in [0.15, 0.2) is 66.7 Å². The molecule has 3 aromatic carbocycles. The average molecular weight is 420 g/mol. The van der Waals surface area contributed by atoms with Crippen molar-refractivity contribution in [3.05, 3.63) is 99.6 Å². The van der Waals surface area contributed by atoms with Crippen molar-refractivity contribution in [3.63, 3.8) is 0 Å². The fraction of sp³-hybridized carbons (Fsp3) is 0.308. The molecular formula is C26H26ClNO2. The molecule has 2 aliphatic heterocycles. The first kappa shape index (κ1) is 19.6. The van der Waals surface area contributed by atoms with Gasteiger partial charge in [-0.1, -0.05) is 65.7 Å². The molecule has 0 spiro atoms. The zero-order valence-electron chi connectivity index (χ0n) is 17.1. The normalized spacial score (nSPS) is 20.6. The van der Waals surface area contributed by atoms with Gasteiger partial charge in [0.15, 0.2) is 0 Å². The number of fused-ring (bicyclic) bond motifs is 2. The van der Waals surface area contributed by atoms with Gasteiger partial charge in [0.1, 0.15) is 12.4 Å². The molecule has 1 unspecified atom stereocenters. The van der Waals surface area contributed by atoms with Gasteiger partial charge in [0, 0.05) is 23.7 Å². The maximum absolute atomic E-state index is 11.3. The Morgan fingerprint density at radius 2 is 1.70 bits per heavy atom. The first-order valence-electron chi connectivity index (χ1n) is 10.6. The third kappa shape index (κ3) is 3.51. The van der Waals surface area contributed by atoms with Crippen LogP contribution in [0.5, 0.6) is 5.75 Å². The van der Waals surface area contributed by atoms with E-state index in [1.807, 2.05) is 24.3 Å².